The number of hydrogen-bond acceptors (Lipinski definition) is 3. The van der Waals surface area contributed by atoms with Crippen molar-refractivity contribution in [2.24, 2.45) is 0 Å². The highest BCUT2D eigenvalue weighted by Gasteiger charge is 2.14. The van der Waals surface area contributed by atoms with Crippen molar-refractivity contribution in [3.05, 3.63) is 77.6 Å². The maximum Gasteiger partial charge on any atom is 0.254 e. The molecule has 2 aromatic carbocycles. The van der Waals surface area contributed by atoms with Gasteiger partial charge in [-0.05, 0) is 17.7 Å². The van der Waals surface area contributed by atoms with Crippen molar-refractivity contribution in [3.63, 3.8) is 0 Å². The molecule has 0 aliphatic carbocycles. The van der Waals surface area contributed by atoms with Crippen LogP contribution < -0.4 is 5.32 Å². The number of carbonyl (C=O) groups excluding carboxylic acids is 2. The van der Waals surface area contributed by atoms with Crippen LogP contribution in [-0.4, -0.2) is 48.1 Å². The maximum absolute atomic E-state index is 13.6. The van der Waals surface area contributed by atoms with Gasteiger partial charge in [-0.25, -0.2) is 4.39 Å². The van der Waals surface area contributed by atoms with E-state index in [1.54, 1.807) is 6.07 Å². The van der Waals surface area contributed by atoms with Crippen LogP contribution in [0.1, 0.15) is 22.3 Å². The van der Waals surface area contributed by atoms with Crippen LogP contribution in [0, 0.1) is 5.82 Å². The Morgan fingerprint density at radius 1 is 1.07 bits per heavy atom. The number of aliphatic hydroxyl groups excluding tert-OH is 1. The summed E-state index contributed by atoms with van der Waals surface area (Å²) in [6.45, 7) is 0.512. The first kappa shape index (κ1) is 20.3. The van der Waals surface area contributed by atoms with E-state index in [2.05, 4.69) is 5.32 Å². The quantitative estimate of drug-likeness (QED) is 0.713. The minimum atomic E-state index is -0.603. The molecule has 5 nitrogen and oxygen atoms in total. The lowest BCUT2D eigenvalue weighted by Gasteiger charge is -2.20. The van der Waals surface area contributed by atoms with Gasteiger partial charge in [0.1, 0.15) is 5.82 Å². The predicted molar refractivity (Wildman–Crippen MR) is 102 cm³/mol. The second-order valence-corrected chi connectivity index (χ2v) is 5.86. The molecule has 2 amide bonds. The van der Waals surface area contributed by atoms with E-state index < -0.39 is 11.7 Å². The van der Waals surface area contributed by atoms with Crippen molar-refractivity contribution in [2.45, 2.75) is 6.42 Å². The summed E-state index contributed by atoms with van der Waals surface area (Å²) < 4.78 is 13.6. The standard InChI is InChI=1S/C21H23FN2O3/c22-19-11-5-4-10-18(19)21(27)23-13-12-20(26)24(15-16-25)14-6-9-17-7-2-1-3-8-17/h1-11,25H,12-16H2,(H,23,27). The molecule has 2 aromatic rings. The van der Waals surface area contributed by atoms with E-state index in [0.717, 1.165) is 5.56 Å². The maximum atomic E-state index is 13.6. The molecule has 0 aromatic heterocycles. The number of aliphatic hydroxyl groups is 1. The molecule has 0 aliphatic rings. The SMILES string of the molecule is O=C(NCCC(=O)N(CC=Cc1ccccc1)CCO)c1ccccc1F. The fourth-order valence-corrected chi connectivity index (χ4v) is 2.50. The molecule has 0 unspecified atom stereocenters. The van der Waals surface area contributed by atoms with Gasteiger partial charge in [-0.2, -0.15) is 0 Å². The Hall–Kier alpha value is -2.99. The number of halogens is 1. The van der Waals surface area contributed by atoms with Crippen molar-refractivity contribution in [3.8, 4) is 0 Å². The van der Waals surface area contributed by atoms with Gasteiger partial charge in [-0.3, -0.25) is 9.59 Å². The molecular weight excluding hydrogens is 347 g/mol. The van der Waals surface area contributed by atoms with Crippen LogP contribution in [0.25, 0.3) is 6.08 Å². The Bertz CT molecular complexity index is 778. The molecule has 2 rings (SSSR count). The van der Waals surface area contributed by atoms with Gasteiger partial charge in [0.05, 0.1) is 12.2 Å². The topological polar surface area (TPSA) is 69.6 Å². The van der Waals surface area contributed by atoms with Gasteiger partial charge in [0.2, 0.25) is 5.91 Å². The van der Waals surface area contributed by atoms with E-state index in [-0.39, 0.29) is 37.6 Å². The normalized spacial score (nSPS) is 10.7. The van der Waals surface area contributed by atoms with Crippen molar-refractivity contribution >= 4 is 17.9 Å². The van der Waals surface area contributed by atoms with Crippen LogP contribution in [-0.2, 0) is 4.79 Å². The van der Waals surface area contributed by atoms with Crippen molar-refractivity contribution in [1.82, 2.24) is 10.2 Å². The summed E-state index contributed by atoms with van der Waals surface area (Å²) in [5, 5.41) is 11.7. The monoisotopic (exact) mass is 370 g/mol. The predicted octanol–water partition coefficient (Wildman–Crippen LogP) is 2.48. The number of carbonyl (C=O) groups is 2. The van der Waals surface area contributed by atoms with Crippen LogP contribution in [0.15, 0.2) is 60.7 Å². The van der Waals surface area contributed by atoms with Crippen LogP contribution in [0.5, 0.6) is 0 Å². The first-order valence-electron chi connectivity index (χ1n) is 8.74. The summed E-state index contributed by atoms with van der Waals surface area (Å²) in [6, 6.07) is 15.4. The first-order chi connectivity index (χ1) is 13.1. The third-order valence-corrected chi connectivity index (χ3v) is 3.90. The zero-order valence-corrected chi connectivity index (χ0v) is 15.0. The van der Waals surface area contributed by atoms with Crippen molar-refractivity contribution in [1.29, 1.82) is 0 Å². The van der Waals surface area contributed by atoms with E-state index in [0.29, 0.717) is 6.54 Å². The lowest BCUT2D eigenvalue weighted by atomic mass is 10.2. The molecule has 0 fully saturated rings. The molecule has 27 heavy (non-hydrogen) atoms. The van der Waals surface area contributed by atoms with Gasteiger partial charge in [-0.1, -0.05) is 54.6 Å². The Labute approximate surface area is 158 Å². The summed E-state index contributed by atoms with van der Waals surface area (Å²) in [5.41, 5.74) is 0.967. The number of nitrogens with one attached hydrogen (secondary N) is 1. The lowest BCUT2D eigenvalue weighted by molar-refractivity contribution is -0.131. The smallest absolute Gasteiger partial charge is 0.254 e. The molecule has 0 saturated heterocycles. The molecule has 142 valence electrons. The number of rotatable bonds is 9. The Morgan fingerprint density at radius 2 is 1.78 bits per heavy atom. The fourth-order valence-electron chi connectivity index (χ4n) is 2.50. The molecule has 0 heterocycles. The Morgan fingerprint density at radius 3 is 2.48 bits per heavy atom. The molecule has 0 saturated carbocycles. The average molecular weight is 370 g/mol. The second-order valence-electron chi connectivity index (χ2n) is 5.86. The largest absolute Gasteiger partial charge is 0.395 e. The molecule has 0 atom stereocenters. The van der Waals surface area contributed by atoms with Gasteiger partial charge < -0.3 is 15.3 Å². The third kappa shape index (κ3) is 6.67. The summed E-state index contributed by atoms with van der Waals surface area (Å²) in [6.07, 6.45) is 3.82. The molecule has 0 spiro atoms. The van der Waals surface area contributed by atoms with Gasteiger partial charge in [-0.15, -0.1) is 0 Å². The Balaban J connectivity index is 1.83. The van der Waals surface area contributed by atoms with Crippen molar-refractivity contribution < 1.29 is 19.1 Å². The van der Waals surface area contributed by atoms with Crippen LogP contribution in [0.4, 0.5) is 4.39 Å². The third-order valence-electron chi connectivity index (χ3n) is 3.90. The van der Waals surface area contributed by atoms with E-state index in [4.69, 9.17) is 5.11 Å². The highest BCUT2D eigenvalue weighted by atomic mass is 19.1. The highest BCUT2D eigenvalue weighted by molar-refractivity contribution is 5.94. The van der Waals surface area contributed by atoms with Crippen LogP contribution in [0.2, 0.25) is 0 Å². The van der Waals surface area contributed by atoms with Crippen LogP contribution >= 0.6 is 0 Å². The van der Waals surface area contributed by atoms with E-state index in [1.165, 1.54) is 23.1 Å². The number of benzene rings is 2. The molecule has 0 bridgehead atoms. The zero-order valence-electron chi connectivity index (χ0n) is 15.0. The fraction of sp³-hybridized carbons (Fsp3) is 0.238. The second kappa shape index (κ2) is 10.9. The molecule has 6 heteroatoms. The number of hydrogen-bond donors (Lipinski definition) is 2. The Kier molecular flexibility index (Phi) is 8.19. The number of amides is 2. The van der Waals surface area contributed by atoms with Crippen molar-refractivity contribution in [2.75, 3.05) is 26.2 Å². The minimum absolute atomic E-state index is 0.0528. The number of nitrogens with zero attached hydrogens (tertiary/aromatic N) is 1. The summed E-state index contributed by atoms with van der Waals surface area (Å²) in [4.78, 5) is 25.8. The highest BCUT2D eigenvalue weighted by Crippen LogP contribution is 2.06. The van der Waals surface area contributed by atoms with E-state index in [9.17, 15) is 14.0 Å². The minimum Gasteiger partial charge on any atom is -0.395 e. The van der Waals surface area contributed by atoms with E-state index in [1.807, 2.05) is 42.5 Å². The van der Waals surface area contributed by atoms with Gasteiger partial charge in [0, 0.05) is 26.1 Å². The average Bonchev–Trinajstić information content (AvgIpc) is 2.68. The van der Waals surface area contributed by atoms with Gasteiger partial charge >= 0.3 is 0 Å². The van der Waals surface area contributed by atoms with Gasteiger partial charge in [0.25, 0.3) is 5.91 Å². The molecular formula is C21H23FN2O3. The van der Waals surface area contributed by atoms with E-state index >= 15 is 0 Å². The zero-order chi connectivity index (χ0) is 19.5. The van der Waals surface area contributed by atoms with Crippen LogP contribution in [0.3, 0.4) is 0 Å². The first-order valence-corrected chi connectivity index (χ1v) is 8.74. The molecule has 2 N–H and O–H groups in total. The summed E-state index contributed by atoms with van der Waals surface area (Å²) in [7, 11) is 0. The summed E-state index contributed by atoms with van der Waals surface area (Å²) in [5.74, 6) is -1.36. The molecule has 0 radical (unpaired) electrons. The molecule has 0 aliphatic heterocycles. The van der Waals surface area contributed by atoms with Gasteiger partial charge in [0.15, 0.2) is 0 Å². The lowest BCUT2D eigenvalue weighted by Crippen LogP contribution is -2.36. The summed E-state index contributed by atoms with van der Waals surface area (Å²) >= 11 is 0.